The van der Waals surface area contributed by atoms with Gasteiger partial charge in [0.1, 0.15) is 16.5 Å². The molecule has 2 aromatic heterocycles. The third-order valence-corrected chi connectivity index (χ3v) is 3.49. The van der Waals surface area contributed by atoms with Crippen LogP contribution < -0.4 is 16.2 Å². The summed E-state index contributed by atoms with van der Waals surface area (Å²) in [6, 6.07) is 2.05. The third kappa shape index (κ3) is 1.70. The van der Waals surface area contributed by atoms with Crippen molar-refractivity contribution in [1.29, 1.82) is 0 Å². The molecule has 0 bridgehead atoms. The van der Waals surface area contributed by atoms with Gasteiger partial charge >= 0.3 is 0 Å². The molecule has 3 rings (SSSR count). The van der Waals surface area contributed by atoms with Crippen molar-refractivity contribution in [3.8, 4) is 0 Å². The van der Waals surface area contributed by atoms with Crippen LogP contribution in [0.4, 0.5) is 5.82 Å². The molecule has 3 heterocycles. The Hall–Kier alpha value is -1.82. The van der Waals surface area contributed by atoms with E-state index in [-0.39, 0.29) is 0 Å². The molecular formula is C11H13N5S. The number of rotatable bonds is 2. The zero-order valence-corrected chi connectivity index (χ0v) is 10.3. The minimum Gasteiger partial charge on any atom is -0.384 e. The topological polar surface area (TPSA) is 67.1 Å². The lowest BCUT2D eigenvalue weighted by Crippen LogP contribution is -2.35. The molecule has 0 saturated heterocycles. The molecule has 0 radical (unpaired) electrons. The average Bonchev–Trinajstić information content (AvgIpc) is 2.95. The fourth-order valence-electron chi connectivity index (χ4n) is 1.82. The van der Waals surface area contributed by atoms with Crippen molar-refractivity contribution < 1.29 is 0 Å². The van der Waals surface area contributed by atoms with E-state index in [1.807, 2.05) is 22.5 Å². The largest absolute Gasteiger partial charge is 0.384 e. The van der Waals surface area contributed by atoms with Gasteiger partial charge in [0.15, 0.2) is 5.82 Å². The van der Waals surface area contributed by atoms with Gasteiger partial charge in [-0.25, -0.2) is 9.97 Å². The van der Waals surface area contributed by atoms with Gasteiger partial charge in [0, 0.05) is 6.42 Å². The molecule has 0 spiro atoms. The Bertz CT molecular complexity index is 589. The molecule has 5 nitrogen and oxygen atoms in total. The van der Waals surface area contributed by atoms with Crippen molar-refractivity contribution >= 4 is 27.4 Å². The number of nitrogens with one attached hydrogen (secondary N) is 1. The number of fused-ring (bicyclic) bond motifs is 1. The van der Waals surface area contributed by atoms with Gasteiger partial charge in [0.2, 0.25) is 0 Å². The second-order valence-corrected chi connectivity index (χ2v) is 4.73. The Morgan fingerprint density at radius 1 is 1.53 bits per heavy atom. The minimum atomic E-state index is 0.671. The second kappa shape index (κ2) is 3.89. The zero-order valence-electron chi connectivity index (χ0n) is 9.47. The van der Waals surface area contributed by atoms with E-state index in [2.05, 4.69) is 22.3 Å². The lowest BCUT2D eigenvalue weighted by molar-refractivity contribution is 0.777. The molecular weight excluding hydrogens is 234 g/mol. The molecule has 0 aliphatic carbocycles. The summed E-state index contributed by atoms with van der Waals surface area (Å²) in [5.74, 6) is 2.44. The van der Waals surface area contributed by atoms with Crippen LogP contribution in [0, 0.1) is 0 Å². The van der Waals surface area contributed by atoms with Crippen LogP contribution in [-0.4, -0.2) is 16.5 Å². The number of aromatic nitrogens is 2. The Morgan fingerprint density at radius 2 is 2.41 bits per heavy atom. The molecule has 1 aliphatic heterocycles. The molecule has 3 N–H and O–H groups in total. The molecule has 0 atom stereocenters. The van der Waals surface area contributed by atoms with Gasteiger partial charge in [0.25, 0.3) is 0 Å². The van der Waals surface area contributed by atoms with Gasteiger partial charge in [0.05, 0.1) is 11.9 Å². The predicted molar refractivity (Wildman–Crippen MR) is 69.5 cm³/mol. The molecule has 0 saturated carbocycles. The van der Waals surface area contributed by atoms with Gasteiger partial charge in [-0.3, -0.25) is 10.4 Å². The first-order chi connectivity index (χ1) is 8.28. The van der Waals surface area contributed by atoms with Crippen LogP contribution in [0.15, 0.2) is 23.3 Å². The number of aryl methyl sites for hydroxylation is 1. The van der Waals surface area contributed by atoms with Gasteiger partial charge in [-0.15, -0.1) is 11.3 Å². The van der Waals surface area contributed by atoms with Crippen LogP contribution in [-0.2, 0) is 6.42 Å². The Morgan fingerprint density at radius 3 is 3.12 bits per heavy atom. The molecule has 0 aromatic carbocycles. The van der Waals surface area contributed by atoms with E-state index in [0.29, 0.717) is 5.82 Å². The molecule has 1 aliphatic rings. The van der Waals surface area contributed by atoms with Crippen molar-refractivity contribution in [2.75, 3.05) is 11.6 Å². The summed E-state index contributed by atoms with van der Waals surface area (Å²) in [6.45, 7) is 2.79. The summed E-state index contributed by atoms with van der Waals surface area (Å²) in [5.41, 5.74) is 8.81. The normalized spacial score (nSPS) is 15.1. The van der Waals surface area contributed by atoms with Crippen LogP contribution in [0.3, 0.4) is 0 Å². The SMILES string of the molecule is CCc1nc(N2CC=C(N)N2)c2ccsc2n1. The number of anilines is 1. The number of hydrazine groups is 1. The van der Waals surface area contributed by atoms with E-state index in [0.717, 1.165) is 34.8 Å². The van der Waals surface area contributed by atoms with E-state index in [9.17, 15) is 0 Å². The second-order valence-electron chi connectivity index (χ2n) is 3.84. The Balaban J connectivity index is 2.10. The van der Waals surface area contributed by atoms with Crippen molar-refractivity contribution in [3.63, 3.8) is 0 Å². The van der Waals surface area contributed by atoms with Crippen molar-refractivity contribution in [3.05, 3.63) is 29.2 Å². The van der Waals surface area contributed by atoms with Crippen LogP contribution in [0.25, 0.3) is 10.2 Å². The van der Waals surface area contributed by atoms with Gasteiger partial charge < -0.3 is 5.73 Å². The Kier molecular flexibility index (Phi) is 2.36. The van der Waals surface area contributed by atoms with Crippen molar-refractivity contribution in [2.24, 2.45) is 5.73 Å². The van der Waals surface area contributed by atoms with Crippen LogP contribution in [0.1, 0.15) is 12.7 Å². The van der Waals surface area contributed by atoms with Gasteiger partial charge in [-0.1, -0.05) is 6.92 Å². The summed E-state index contributed by atoms with van der Waals surface area (Å²) in [6.07, 6.45) is 2.77. The number of nitrogens with zero attached hydrogens (tertiary/aromatic N) is 3. The molecule has 17 heavy (non-hydrogen) atoms. The van der Waals surface area contributed by atoms with Crippen LogP contribution in [0.5, 0.6) is 0 Å². The summed E-state index contributed by atoms with van der Waals surface area (Å²) in [5, 5.41) is 5.06. The Labute approximate surface area is 103 Å². The summed E-state index contributed by atoms with van der Waals surface area (Å²) in [4.78, 5) is 10.1. The molecule has 88 valence electrons. The molecule has 2 aromatic rings. The predicted octanol–water partition coefficient (Wildman–Crippen LogP) is 1.38. The van der Waals surface area contributed by atoms with E-state index in [4.69, 9.17) is 5.73 Å². The number of nitrogens with two attached hydrogens (primary N) is 1. The van der Waals surface area contributed by atoms with E-state index < -0.39 is 0 Å². The summed E-state index contributed by atoms with van der Waals surface area (Å²) < 4.78 is 0. The maximum absolute atomic E-state index is 5.72. The standard InChI is InChI=1S/C11H13N5S/c1-2-9-13-10(16-5-3-8(12)15-16)7-4-6-17-11(7)14-9/h3-4,6,15H,2,5,12H2,1H3. The third-order valence-electron chi connectivity index (χ3n) is 2.68. The number of thiophene rings is 1. The van der Waals surface area contributed by atoms with E-state index >= 15 is 0 Å². The number of hydrogen-bond donors (Lipinski definition) is 2. The quantitative estimate of drug-likeness (QED) is 0.839. The molecule has 0 amide bonds. The summed E-state index contributed by atoms with van der Waals surface area (Å²) >= 11 is 1.64. The number of hydrogen-bond acceptors (Lipinski definition) is 6. The highest BCUT2D eigenvalue weighted by atomic mass is 32.1. The van der Waals surface area contributed by atoms with E-state index in [1.165, 1.54) is 0 Å². The fourth-order valence-corrected chi connectivity index (χ4v) is 2.60. The van der Waals surface area contributed by atoms with Crippen LogP contribution in [0.2, 0.25) is 0 Å². The highest BCUT2D eigenvalue weighted by Gasteiger charge is 2.17. The smallest absolute Gasteiger partial charge is 0.159 e. The molecule has 0 fully saturated rings. The lowest BCUT2D eigenvalue weighted by atomic mass is 10.3. The molecule has 6 heteroatoms. The highest BCUT2D eigenvalue weighted by molar-refractivity contribution is 7.16. The fraction of sp³-hybridized carbons (Fsp3) is 0.273. The maximum atomic E-state index is 5.72. The van der Waals surface area contributed by atoms with Crippen LogP contribution >= 0.6 is 11.3 Å². The van der Waals surface area contributed by atoms with Crippen molar-refractivity contribution in [1.82, 2.24) is 15.4 Å². The summed E-state index contributed by atoms with van der Waals surface area (Å²) in [7, 11) is 0. The van der Waals surface area contributed by atoms with E-state index in [1.54, 1.807) is 11.3 Å². The van der Waals surface area contributed by atoms with Gasteiger partial charge in [-0.2, -0.15) is 0 Å². The highest BCUT2D eigenvalue weighted by Crippen LogP contribution is 2.28. The first kappa shape index (κ1) is 10.3. The first-order valence-electron chi connectivity index (χ1n) is 5.52. The van der Waals surface area contributed by atoms with Crippen molar-refractivity contribution in [2.45, 2.75) is 13.3 Å². The first-order valence-corrected chi connectivity index (χ1v) is 6.40. The monoisotopic (exact) mass is 247 g/mol. The lowest BCUT2D eigenvalue weighted by Gasteiger charge is -2.19. The molecule has 0 unspecified atom stereocenters. The average molecular weight is 247 g/mol. The van der Waals surface area contributed by atoms with Gasteiger partial charge in [-0.05, 0) is 17.5 Å². The zero-order chi connectivity index (χ0) is 11.8. The maximum Gasteiger partial charge on any atom is 0.159 e. The minimum absolute atomic E-state index is 0.671.